The van der Waals surface area contributed by atoms with E-state index in [2.05, 4.69) is 11.8 Å². The van der Waals surface area contributed by atoms with E-state index in [1.54, 1.807) is 23.2 Å². The normalized spacial score (nSPS) is 22.7. The van der Waals surface area contributed by atoms with Crippen molar-refractivity contribution in [3.63, 3.8) is 0 Å². The Morgan fingerprint density at radius 1 is 1.18 bits per heavy atom. The van der Waals surface area contributed by atoms with E-state index < -0.39 is 0 Å². The average Bonchev–Trinajstić information content (AvgIpc) is 3.05. The van der Waals surface area contributed by atoms with Crippen LogP contribution in [0.15, 0.2) is 34.1 Å². The molecule has 2 unspecified atom stereocenters. The molecule has 7 nitrogen and oxygen atoms in total. The fourth-order valence-corrected chi connectivity index (χ4v) is 5.62. The number of unbranched alkanes of at least 4 members (excludes halogenated alkanes) is 3. The Morgan fingerprint density at radius 2 is 1.94 bits per heavy atom. The van der Waals surface area contributed by atoms with E-state index in [-0.39, 0.29) is 23.7 Å². The van der Waals surface area contributed by atoms with Gasteiger partial charge in [-0.2, -0.15) is 0 Å². The van der Waals surface area contributed by atoms with Crippen LogP contribution in [0, 0.1) is 0 Å². The highest BCUT2D eigenvalue weighted by molar-refractivity contribution is 8.26. The zero-order valence-electron chi connectivity index (χ0n) is 19.3. The van der Waals surface area contributed by atoms with Crippen molar-refractivity contribution < 1.29 is 9.53 Å². The van der Waals surface area contributed by atoms with E-state index in [0.717, 1.165) is 25.7 Å². The summed E-state index contributed by atoms with van der Waals surface area (Å²) < 4.78 is 7.95. The molecule has 0 radical (unpaired) electrons. The number of fused-ring (bicyclic) bond motifs is 1. The molecular formula is C24H30N4O3S2. The molecule has 0 bridgehead atoms. The van der Waals surface area contributed by atoms with Crippen LogP contribution in [0.5, 0.6) is 0 Å². The minimum absolute atomic E-state index is 0.0129. The molecule has 2 atom stereocenters. The number of carbonyl (C=O) groups is 1. The van der Waals surface area contributed by atoms with Gasteiger partial charge >= 0.3 is 0 Å². The molecular weight excluding hydrogens is 456 g/mol. The largest absolute Gasteiger partial charge is 0.372 e. The van der Waals surface area contributed by atoms with Gasteiger partial charge in [-0.25, -0.2) is 4.98 Å². The van der Waals surface area contributed by atoms with Crippen LogP contribution in [0.4, 0.5) is 5.82 Å². The van der Waals surface area contributed by atoms with E-state index >= 15 is 0 Å². The highest BCUT2D eigenvalue weighted by atomic mass is 32.2. The SMILES string of the molecule is CCCCCCN1C(=O)C(=Cc2c(N3CC(C)OC(C)C3)nc3ccccn3c2=O)SC1=S. The number of thiocarbonyl (C=S) groups is 1. The van der Waals surface area contributed by atoms with Crippen LogP contribution in [-0.4, -0.2) is 56.4 Å². The number of hydrogen-bond donors (Lipinski definition) is 0. The summed E-state index contributed by atoms with van der Waals surface area (Å²) in [6.45, 7) is 8.05. The number of ether oxygens (including phenoxy) is 1. The number of nitrogens with zero attached hydrogens (tertiary/aromatic N) is 4. The zero-order chi connectivity index (χ0) is 23.5. The number of morpholine rings is 1. The van der Waals surface area contributed by atoms with Gasteiger partial charge in [0.1, 0.15) is 15.8 Å². The van der Waals surface area contributed by atoms with Crippen LogP contribution in [0.1, 0.15) is 52.0 Å². The lowest BCUT2D eigenvalue weighted by Gasteiger charge is -2.36. The lowest BCUT2D eigenvalue weighted by molar-refractivity contribution is -0.122. The number of aromatic nitrogens is 2. The smallest absolute Gasteiger partial charge is 0.267 e. The Bertz CT molecular complexity index is 1140. The zero-order valence-corrected chi connectivity index (χ0v) is 21.0. The van der Waals surface area contributed by atoms with E-state index in [0.29, 0.717) is 45.9 Å². The van der Waals surface area contributed by atoms with Crippen molar-refractivity contribution >= 4 is 51.7 Å². The number of anilines is 1. The van der Waals surface area contributed by atoms with Crippen molar-refractivity contribution in [3.05, 3.63) is 45.2 Å². The van der Waals surface area contributed by atoms with E-state index in [9.17, 15) is 9.59 Å². The van der Waals surface area contributed by atoms with Gasteiger partial charge in [0, 0.05) is 25.8 Å². The molecule has 9 heteroatoms. The maximum Gasteiger partial charge on any atom is 0.267 e. The number of hydrogen-bond acceptors (Lipinski definition) is 7. The van der Waals surface area contributed by atoms with Crippen molar-refractivity contribution in [1.29, 1.82) is 0 Å². The summed E-state index contributed by atoms with van der Waals surface area (Å²) >= 11 is 6.75. The van der Waals surface area contributed by atoms with Gasteiger partial charge in [-0.05, 0) is 38.5 Å². The van der Waals surface area contributed by atoms with Gasteiger partial charge < -0.3 is 9.64 Å². The number of rotatable bonds is 7. The van der Waals surface area contributed by atoms with E-state index in [1.807, 2.05) is 26.0 Å². The Hall–Kier alpha value is -2.23. The van der Waals surface area contributed by atoms with Gasteiger partial charge in [-0.15, -0.1) is 0 Å². The minimum atomic E-state index is -0.199. The lowest BCUT2D eigenvalue weighted by atomic mass is 10.1. The molecule has 0 saturated carbocycles. The summed E-state index contributed by atoms with van der Waals surface area (Å²) in [7, 11) is 0. The van der Waals surface area contributed by atoms with Gasteiger partial charge in [-0.3, -0.25) is 18.9 Å². The standard InChI is InChI=1S/C24H30N4O3S2/c1-4-5-6-8-12-28-23(30)19(33-24(28)32)13-18-21(26-14-16(2)31-17(3)15-26)25-20-10-7-9-11-27(20)22(18)29/h7,9-11,13,16-17H,4-6,8,12,14-15H2,1-3H3. The van der Waals surface area contributed by atoms with Crippen molar-refractivity contribution in [2.45, 2.75) is 58.7 Å². The van der Waals surface area contributed by atoms with Crippen LogP contribution < -0.4 is 10.5 Å². The van der Waals surface area contributed by atoms with E-state index in [4.69, 9.17) is 21.9 Å². The number of amides is 1. The monoisotopic (exact) mass is 486 g/mol. The Balaban J connectivity index is 1.73. The average molecular weight is 487 g/mol. The molecule has 1 amide bonds. The molecule has 2 aliphatic rings. The summed E-state index contributed by atoms with van der Waals surface area (Å²) in [4.78, 5) is 35.7. The maximum atomic E-state index is 13.5. The third kappa shape index (κ3) is 5.15. The molecule has 2 fully saturated rings. The molecule has 0 spiro atoms. The molecule has 0 N–H and O–H groups in total. The molecule has 4 heterocycles. The molecule has 4 rings (SSSR count). The fraction of sp³-hybridized carbons (Fsp3) is 0.500. The summed E-state index contributed by atoms with van der Waals surface area (Å²) in [5.41, 5.74) is 0.784. The molecule has 2 aliphatic heterocycles. The van der Waals surface area contributed by atoms with Gasteiger partial charge in [0.15, 0.2) is 0 Å². The second kappa shape index (κ2) is 10.4. The summed E-state index contributed by atoms with van der Waals surface area (Å²) in [6, 6.07) is 5.48. The maximum absolute atomic E-state index is 13.5. The summed E-state index contributed by atoms with van der Waals surface area (Å²) in [6.07, 6.45) is 7.68. The lowest BCUT2D eigenvalue weighted by Crippen LogP contribution is -2.46. The first-order valence-electron chi connectivity index (χ1n) is 11.6. The number of thioether (sulfide) groups is 1. The van der Waals surface area contributed by atoms with Crippen LogP contribution in [0.25, 0.3) is 11.7 Å². The highest BCUT2D eigenvalue weighted by Gasteiger charge is 2.33. The van der Waals surface area contributed by atoms with Crippen LogP contribution in [0.2, 0.25) is 0 Å². The Labute approximate surface area is 203 Å². The molecule has 2 aromatic heterocycles. The third-order valence-corrected chi connectivity index (χ3v) is 7.23. The second-order valence-corrected chi connectivity index (χ2v) is 10.3. The predicted molar refractivity (Wildman–Crippen MR) is 138 cm³/mol. The van der Waals surface area contributed by atoms with Gasteiger partial charge in [0.25, 0.3) is 11.5 Å². The van der Waals surface area contributed by atoms with Crippen LogP contribution >= 0.6 is 24.0 Å². The molecule has 0 aliphatic carbocycles. The predicted octanol–water partition coefficient (Wildman–Crippen LogP) is 4.09. The first kappa shape index (κ1) is 23.9. The fourth-order valence-electron chi connectivity index (χ4n) is 4.33. The topological polar surface area (TPSA) is 67.2 Å². The number of pyridine rings is 1. The Kier molecular flexibility index (Phi) is 7.51. The van der Waals surface area contributed by atoms with Crippen LogP contribution in [0.3, 0.4) is 0 Å². The van der Waals surface area contributed by atoms with Crippen molar-refractivity contribution in [3.8, 4) is 0 Å². The molecule has 2 saturated heterocycles. The summed E-state index contributed by atoms with van der Waals surface area (Å²) in [5.74, 6) is 0.454. The quantitative estimate of drug-likeness (QED) is 0.332. The van der Waals surface area contributed by atoms with Gasteiger partial charge in [-0.1, -0.05) is 56.2 Å². The van der Waals surface area contributed by atoms with Gasteiger partial charge in [0.2, 0.25) is 0 Å². The van der Waals surface area contributed by atoms with E-state index in [1.165, 1.54) is 16.2 Å². The van der Waals surface area contributed by atoms with Crippen molar-refractivity contribution in [1.82, 2.24) is 14.3 Å². The summed E-state index contributed by atoms with van der Waals surface area (Å²) in [5, 5.41) is 0. The Morgan fingerprint density at radius 3 is 2.67 bits per heavy atom. The molecule has 176 valence electrons. The van der Waals surface area contributed by atoms with Crippen molar-refractivity contribution in [2.75, 3.05) is 24.5 Å². The van der Waals surface area contributed by atoms with Crippen molar-refractivity contribution in [2.24, 2.45) is 0 Å². The second-order valence-electron chi connectivity index (χ2n) is 8.64. The highest BCUT2D eigenvalue weighted by Crippen LogP contribution is 2.34. The minimum Gasteiger partial charge on any atom is -0.372 e. The molecule has 0 aromatic carbocycles. The first-order chi connectivity index (χ1) is 15.9. The molecule has 33 heavy (non-hydrogen) atoms. The number of carbonyl (C=O) groups excluding carboxylic acids is 1. The van der Waals surface area contributed by atoms with Crippen LogP contribution in [-0.2, 0) is 9.53 Å². The van der Waals surface area contributed by atoms with Gasteiger partial charge in [0.05, 0.1) is 22.7 Å². The molecule has 2 aromatic rings. The first-order valence-corrected chi connectivity index (χ1v) is 12.8. The third-order valence-electron chi connectivity index (χ3n) is 5.85.